The summed E-state index contributed by atoms with van der Waals surface area (Å²) >= 11 is 8.92. The van der Waals surface area contributed by atoms with Gasteiger partial charge in [0.1, 0.15) is 11.5 Å². The van der Waals surface area contributed by atoms with E-state index in [9.17, 15) is 17.6 Å². The predicted octanol–water partition coefficient (Wildman–Crippen LogP) is 5.37. The van der Waals surface area contributed by atoms with Crippen LogP contribution < -0.4 is 0 Å². The maximum atomic E-state index is 13.9. The Labute approximate surface area is 145 Å². The van der Waals surface area contributed by atoms with Gasteiger partial charge in [-0.1, -0.05) is 27.5 Å². The molecule has 0 fully saturated rings. The summed E-state index contributed by atoms with van der Waals surface area (Å²) in [5.41, 5.74) is -1.09. The molecular weight excluding hydrogens is 418 g/mol. The van der Waals surface area contributed by atoms with Crippen molar-refractivity contribution in [2.75, 3.05) is 0 Å². The van der Waals surface area contributed by atoms with Crippen molar-refractivity contribution in [1.29, 1.82) is 0 Å². The fraction of sp³-hybridized carbons (Fsp3) is 0.0714. The van der Waals surface area contributed by atoms with E-state index in [2.05, 4.69) is 31.1 Å². The van der Waals surface area contributed by atoms with E-state index in [1.165, 1.54) is 12.1 Å². The van der Waals surface area contributed by atoms with Crippen LogP contribution in [0.1, 0.15) is 5.56 Å². The molecule has 2 aromatic heterocycles. The lowest BCUT2D eigenvalue weighted by Crippen LogP contribution is -2.05. The zero-order chi connectivity index (χ0) is 17.5. The highest BCUT2D eigenvalue weighted by Gasteiger charge is 2.32. The largest absolute Gasteiger partial charge is 0.417 e. The van der Waals surface area contributed by atoms with Crippen LogP contribution in [-0.2, 0) is 6.18 Å². The number of benzene rings is 1. The molecule has 0 aliphatic heterocycles. The molecular formula is C14H5BrClF4N3O. The highest BCUT2D eigenvalue weighted by Crippen LogP contribution is 2.34. The average molecular weight is 423 g/mol. The molecule has 3 aromatic rings. The third-order valence-corrected chi connectivity index (χ3v) is 3.74. The molecule has 0 aliphatic carbocycles. The summed E-state index contributed by atoms with van der Waals surface area (Å²) in [6.45, 7) is 0. The molecule has 10 heteroatoms. The maximum Gasteiger partial charge on any atom is 0.417 e. The first-order valence-corrected chi connectivity index (χ1v) is 7.45. The van der Waals surface area contributed by atoms with Crippen LogP contribution in [0.2, 0.25) is 5.02 Å². The van der Waals surface area contributed by atoms with Gasteiger partial charge in [-0.15, -0.1) is 10.2 Å². The van der Waals surface area contributed by atoms with Crippen LogP contribution in [0.25, 0.3) is 23.0 Å². The molecule has 2 heterocycles. The van der Waals surface area contributed by atoms with Gasteiger partial charge in [-0.05, 0) is 24.3 Å². The van der Waals surface area contributed by atoms with Crippen LogP contribution in [0.15, 0.2) is 39.4 Å². The first-order chi connectivity index (χ1) is 11.3. The van der Waals surface area contributed by atoms with Gasteiger partial charge < -0.3 is 4.42 Å². The number of halogens is 6. The van der Waals surface area contributed by atoms with Crippen LogP contribution in [-0.4, -0.2) is 15.2 Å². The molecule has 4 nitrogen and oxygen atoms in total. The normalized spacial score (nSPS) is 11.8. The van der Waals surface area contributed by atoms with Gasteiger partial charge in [0, 0.05) is 10.7 Å². The molecule has 0 bridgehead atoms. The minimum Gasteiger partial charge on any atom is -0.414 e. The van der Waals surface area contributed by atoms with Crippen LogP contribution in [0, 0.1) is 5.82 Å². The van der Waals surface area contributed by atoms with Gasteiger partial charge in [-0.25, -0.2) is 9.37 Å². The Kier molecular flexibility index (Phi) is 4.31. The number of hydrogen-bond donors (Lipinski definition) is 0. The molecule has 0 radical (unpaired) electrons. The van der Waals surface area contributed by atoms with E-state index in [4.69, 9.17) is 16.0 Å². The van der Waals surface area contributed by atoms with E-state index in [1.807, 2.05) is 0 Å². The van der Waals surface area contributed by atoms with Crippen molar-refractivity contribution in [3.05, 3.63) is 51.3 Å². The average Bonchev–Trinajstić information content (AvgIpc) is 2.95. The van der Waals surface area contributed by atoms with E-state index < -0.39 is 17.6 Å². The highest BCUT2D eigenvalue weighted by molar-refractivity contribution is 9.10. The van der Waals surface area contributed by atoms with Gasteiger partial charge in [0.15, 0.2) is 0 Å². The highest BCUT2D eigenvalue weighted by atomic mass is 79.9. The molecule has 0 spiro atoms. The lowest BCUT2D eigenvalue weighted by atomic mass is 10.2. The molecule has 0 N–H and O–H groups in total. The number of aromatic nitrogens is 3. The zero-order valence-electron chi connectivity index (χ0n) is 11.4. The van der Waals surface area contributed by atoms with Crippen molar-refractivity contribution >= 4 is 27.5 Å². The quantitative estimate of drug-likeness (QED) is 0.521. The Morgan fingerprint density at radius 1 is 1.08 bits per heavy atom. The van der Waals surface area contributed by atoms with E-state index in [1.54, 1.807) is 6.07 Å². The Hall–Kier alpha value is -2.00. The van der Waals surface area contributed by atoms with Crippen molar-refractivity contribution in [3.63, 3.8) is 0 Å². The Morgan fingerprint density at radius 2 is 1.79 bits per heavy atom. The van der Waals surface area contributed by atoms with Crippen LogP contribution in [0.3, 0.4) is 0 Å². The van der Waals surface area contributed by atoms with E-state index in [0.717, 1.165) is 0 Å². The molecule has 24 heavy (non-hydrogen) atoms. The summed E-state index contributed by atoms with van der Waals surface area (Å²) in [7, 11) is 0. The smallest absolute Gasteiger partial charge is 0.414 e. The molecule has 0 unspecified atom stereocenters. The van der Waals surface area contributed by atoms with Gasteiger partial charge in [0.25, 0.3) is 11.8 Å². The summed E-state index contributed by atoms with van der Waals surface area (Å²) in [4.78, 5) is 3.61. The second-order valence-electron chi connectivity index (χ2n) is 4.59. The minimum atomic E-state index is -4.57. The van der Waals surface area contributed by atoms with E-state index in [-0.39, 0.29) is 28.1 Å². The number of pyridine rings is 1. The standard InChI is InChI=1S/C14H5BrClF4N3O/c15-7-1-2-8(10(17)4-7)12-22-23-13(24-12)11-9(16)3-6(5-21-11)14(18,19)20/h1-5H. The second kappa shape index (κ2) is 6.14. The SMILES string of the molecule is Fc1cc(Br)ccc1-c1nnc(-c2ncc(C(F)(F)F)cc2Cl)o1. The van der Waals surface area contributed by atoms with Gasteiger partial charge >= 0.3 is 6.18 Å². The van der Waals surface area contributed by atoms with Crippen molar-refractivity contribution in [3.8, 4) is 23.0 Å². The molecule has 0 atom stereocenters. The van der Waals surface area contributed by atoms with Crippen molar-refractivity contribution in [2.24, 2.45) is 0 Å². The summed E-state index contributed by atoms with van der Waals surface area (Å²) in [6.07, 6.45) is -3.97. The maximum absolute atomic E-state index is 13.9. The third kappa shape index (κ3) is 3.27. The fourth-order valence-corrected chi connectivity index (χ4v) is 2.42. The molecule has 0 saturated carbocycles. The number of hydrogen-bond acceptors (Lipinski definition) is 4. The number of alkyl halides is 3. The molecule has 3 rings (SSSR count). The molecule has 0 saturated heterocycles. The van der Waals surface area contributed by atoms with Crippen LogP contribution >= 0.6 is 27.5 Å². The summed E-state index contributed by atoms with van der Waals surface area (Å²) in [5, 5.41) is 7.02. The lowest BCUT2D eigenvalue weighted by molar-refractivity contribution is -0.137. The van der Waals surface area contributed by atoms with Crippen molar-refractivity contribution < 1.29 is 22.0 Å². The van der Waals surface area contributed by atoms with Gasteiger partial charge in [0.05, 0.1) is 16.1 Å². The van der Waals surface area contributed by atoms with E-state index >= 15 is 0 Å². The topological polar surface area (TPSA) is 51.8 Å². The Morgan fingerprint density at radius 3 is 2.42 bits per heavy atom. The molecule has 1 aromatic carbocycles. The summed E-state index contributed by atoms with van der Waals surface area (Å²) in [5.74, 6) is -0.968. The zero-order valence-corrected chi connectivity index (χ0v) is 13.7. The van der Waals surface area contributed by atoms with Gasteiger partial charge in [-0.3, -0.25) is 0 Å². The molecule has 0 amide bonds. The predicted molar refractivity (Wildman–Crippen MR) is 80.6 cm³/mol. The van der Waals surface area contributed by atoms with Crippen LogP contribution in [0.5, 0.6) is 0 Å². The Bertz CT molecular complexity index is 913. The van der Waals surface area contributed by atoms with Crippen molar-refractivity contribution in [2.45, 2.75) is 6.18 Å². The number of rotatable bonds is 2. The summed E-state index contributed by atoms with van der Waals surface area (Å²) < 4.78 is 57.5. The van der Waals surface area contributed by atoms with Crippen molar-refractivity contribution in [1.82, 2.24) is 15.2 Å². The van der Waals surface area contributed by atoms with E-state index in [0.29, 0.717) is 16.7 Å². The Balaban J connectivity index is 1.99. The molecule has 0 aliphatic rings. The third-order valence-electron chi connectivity index (χ3n) is 2.96. The van der Waals surface area contributed by atoms with Gasteiger partial charge in [-0.2, -0.15) is 13.2 Å². The monoisotopic (exact) mass is 421 g/mol. The second-order valence-corrected chi connectivity index (χ2v) is 5.91. The summed E-state index contributed by atoms with van der Waals surface area (Å²) in [6, 6.07) is 4.90. The molecule has 124 valence electrons. The van der Waals surface area contributed by atoms with Gasteiger partial charge in [0.2, 0.25) is 0 Å². The fourth-order valence-electron chi connectivity index (χ4n) is 1.84. The first kappa shape index (κ1) is 16.8. The number of nitrogens with zero attached hydrogens (tertiary/aromatic N) is 3. The minimum absolute atomic E-state index is 0.0417. The van der Waals surface area contributed by atoms with Crippen LogP contribution in [0.4, 0.5) is 17.6 Å². The first-order valence-electron chi connectivity index (χ1n) is 6.28. The lowest BCUT2D eigenvalue weighted by Gasteiger charge is -2.07.